The molecule has 0 bridgehead atoms. The average Bonchev–Trinajstić information content (AvgIpc) is 2.88. The first-order valence-corrected chi connectivity index (χ1v) is 14.7. The number of benzene rings is 3. The molecule has 0 fully saturated rings. The summed E-state index contributed by atoms with van der Waals surface area (Å²) >= 11 is 3.41. The number of sulfonamides is 1. The van der Waals surface area contributed by atoms with E-state index in [0.717, 1.165) is 27.4 Å². The molecular formula is C29H34BrN3O4S. The quantitative estimate of drug-likeness (QED) is 0.328. The Balaban J connectivity index is 2.02. The lowest BCUT2D eigenvalue weighted by Crippen LogP contribution is -2.51. The molecule has 9 heteroatoms. The van der Waals surface area contributed by atoms with Gasteiger partial charge in [0, 0.05) is 17.6 Å². The molecule has 202 valence electrons. The van der Waals surface area contributed by atoms with Gasteiger partial charge in [-0.1, -0.05) is 76.4 Å². The van der Waals surface area contributed by atoms with Crippen molar-refractivity contribution in [3.8, 4) is 0 Å². The number of anilines is 1. The van der Waals surface area contributed by atoms with E-state index in [2.05, 4.69) is 21.2 Å². The Morgan fingerprint density at radius 1 is 0.947 bits per heavy atom. The van der Waals surface area contributed by atoms with Crippen LogP contribution in [0.15, 0.2) is 82.2 Å². The zero-order valence-corrected chi connectivity index (χ0v) is 24.6. The maximum absolute atomic E-state index is 13.9. The standard InChI is InChI=1S/C29H34BrN3O4S/c1-5-16-31-29(35)23(4)32(19-24-9-6-8-22(3)17-24)28(34)20-33(26-11-7-10-25(30)18-26)38(36,37)27-14-12-21(2)13-15-27/h6-15,17-18,23H,5,16,19-20H2,1-4H3,(H,31,35)/t23-/m1/s1. The van der Waals surface area contributed by atoms with Gasteiger partial charge in [0.2, 0.25) is 11.8 Å². The highest BCUT2D eigenvalue weighted by Crippen LogP contribution is 2.27. The molecule has 2 amide bonds. The van der Waals surface area contributed by atoms with Crippen molar-refractivity contribution in [1.29, 1.82) is 0 Å². The van der Waals surface area contributed by atoms with Crippen LogP contribution >= 0.6 is 15.9 Å². The van der Waals surface area contributed by atoms with Crippen molar-refractivity contribution in [3.05, 3.63) is 94.0 Å². The third-order valence-corrected chi connectivity index (χ3v) is 8.42. The number of aryl methyl sites for hydroxylation is 2. The number of carbonyl (C=O) groups is 2. The second kappa shape index (κ2) is 13.1. The van der Waals surface area contributed by atoms with Gasteiger partial charge in [-0.15, -0.1) is 0 Å². The number of carbonyl (C=O) groups excluding carboxylic acids is 2. The number of hydrogen-bond acceptors (Lipinski definition) is 4. The van der Waals surface area contributed by atoms with E-state index in [1.54, 1.807) is 43.3 Å². The van der Waals surface area contributed by atoms with Crippen LogP contribution in [0, 0.1) is 13.8 Å². The fourth-order valence-corrected chi connectivity index (χ4v) is 5.78. The summed E-state index contributed by atoms with van der Waals surface area (Å²) in [4.78, 5) is 28.3. The van der Waals surface area contributed by atoms with Crippen LogP contribution in [-0.4, -0.2) is 44.3 Å². The molecule has 1 N–H and O–H groups in total. The molecule has 0 saturated heterocycles. The third kappa shape index (κ3) is 7.45. The number of rotatable bonds is 11. The molecule has 0 unspecified atom stereocenters. The number of nitrogens with zero attached hydrogens (tertiary/aromatic N) is 2. The van der Waals surface area contributed by atoms with E-state index >= 15 is 0 Å². The Kier molecular flexibility index (Phi) is 10.1. The van der Waals surface area contributed by atoms with Gasteiger partial charge in [0.05, 0.1) is 10.6 Å². The molecule has 7 nitrogen and oxygen atoms in total. The minimum Gasteiger partial charge on any atom is -0.354 e. The van der Waals surface area contributed by atoms with Crippen LogP contribution in [0.5, 0.6) is 0 Å². The van der Waals surface area contributed by atoms with E-state index < -0.39 is 28.5 Å². The fourth-order valence-electron chi connectivity index (χ4n) is 3.98. The second-order valence-corrected chi connectivity index (χ2v) is 12.1. The summed E-state index contributed by atoms with van der Waals surface area (Å²) in [6.07, 6.45) is 0.760. The molecule has 0 saturated carbocycles. The monoisotopic (exact) mass is 599 g/mol. The highest BCUT2D eigenvalue weighted by molar-refractivity contribution is 9.10. The zero-order chi connectivity index (χ0) is 27.9. The molecule has 3 rings (SSSR count). The fraction of sp³-hybridized carbons (Fsp3) is 0.310. The minimum absolute atomic E-state index is 0.0786. The zero-order valence-electron chi connectivity index (χ0n) is 22.1. The Labute approximate surface area is 234 Å². The molecule has 0 aliphatic carbocycles. The first kappa shape index (κ1) is 29.4. The van der Waals surface area contributed by atoms with E-state index in [9.17, 15) is 18.0 Å². The topological polar surface area (TPSA) is 86.8 Å². The van der Waals surface area contributed by atoms with Crippen molar-refractivity contribution in [1.82, 2.24) is 10.2 Å². The van der Waals surface area contributed by atoms with Crippen LogP contribution in [0.1, 0.15) is 37.0 Å². The lowest BCUT2D eigenvalue weighted by atomic mass is 10.1. The normalized spacial score (nSPS) is 12.0. The predicted octanol–water partition coefficient (Wildman–Crippen LogP) is 5.20. The lowest BCUT2D eigenvalue weighted by Gasteiger charge is -2.32. The largest absolute Gasteiger partial charge is 0.354 e. The minimum atomic E-state index is -4.09. The maximum Gasteiger partial charge on any atom is 0.264 e. The summed E-state index contributed by atoms with van der Waals surface area (Å²) in [5, 5.41) is 2.85. The second-order valence-electron chi connectivity index (χ2n) is 9.28. The van der Waals surface area contributed by atoms with Gasteiger partial charge < -0.3 is 10.2 Å². The van der Waals surface area contributed by atoms with Gasteiger partial charge in [0.1, 0.15) is 12.6 Å². The van der Waals surface area contributed by atoms with Crippen molar-refractivity contribution < 1.29 is 18.0 Å². The Morgan fingerprint density at radius 2 is 1.63 bits per heavy atom. The predicted molar refractivity (Wildman–Crippen MR) is 154 cm³/mol. The Hall–Kier alpha value is -3.17. The van der Waals surface area contributed by atoms with Gasteiger partial charge in [-0.25, -0.2) is 8.42 Å². The number of halogens is 1. The summed E-state index contributed by atoms with van der Waals surface area (Å²) in [6, 6.07) is 20.2. The highest BCUT2D eigenvalue weighted by Gasteiger charge is 2.32. The van der Waals surface area contributed by atoms with Gasteiger partial charge in [0.15, 0.2) is 0 Å². The highest BCUT2D eigenvalue weighted by atomic mass is 79.9. The van der Waals surface area contributed by atoms with Crippen LogP contribution in [-0.2, 0) is 26.2 Å². The number of nitrogens with one attached hydrogen (secondary N) is 1. The molecular weight excluding hydrogens is 566 g/mol. The van der Waals surface area contributed by atoms with Crippen LogP contribution in [0.2, 0.25) is 0 Å². The lowest BCUT2D eigenvalue weighted by molar-refractivity contribution is -0.139. The maximum atomic E-state index is 13.9. The van der Waals surface area contributed by atoms with Gasteiger partial charge in [-0.05, 0) is 63.1 Å². The van der Waals surface area contributed by atoms with E-state index in [1.807, 2.05) is 45.0 Å². The van der Waals surface area contributed by atoms with Crippen molar-refractivity contribution in [2.45, 2.75) is 51.6 Å². The van der Waals surface area contributed by atoms with Gasteiger partial charge in [0.25, 0.3) is 10.0 Å². The van der Waals surface area contributed by atoms with E-state index in [0.29, 0.717) is 16.7 Å². The molecule has 3 aromatic rings. The Bertz CT molecular complexity index is 1380. The van der Waals surface area contributed by atoms with E-state index in [1.165, 1.54) is 17.0 Å². The summed E-state index contributed by atoms with van der Waals surface area (Å²) < 4.78 is 29.4. The van der Waals surface area contributed by atoms with E-state index in [-0.39, 0.29) is 17.3 Å². The molecule has 0 spiro atoms. The summed E-state index contributed by atoms with van der Waals surface area (Å²) in [7, 11) is -4.09. The molecule has 0 aliphatic heterocycles. The van der Waals surface area contributed by atoms with Crippen molar-refractivity contribution in [2.75, 3.05) is 17.4 Å². The van der Waals surface area contributed by atoms with Crippen molar-refractivity contribution in [3.63, 3.8) is 0 Å². The first-order valence-electron chi connectivity index (χ1n) is 12.5. The van der Waals surface area contributed by atoms with Gasteiger partial charge in [-0.3, -0.25) is 13.9 Å². The van der Waals surface area contributed by atoms with Crippen LogP contribution in [0.4, 0.5) is 5.69 Å². The van der Waals surface area contributed by atoms with Crippen molar-refractivity contribution >= 4 is 43.5 Å². The van der Waals surface area contributed by atoms with Crippen LogP contribution < -0.4 is 9.62 Å². The molecule has 0 aliphatic rings. The van der Waals surface area contributed by atoms with Gasteiger partial charge >= 0.3 is 0 Å². The summed E-state index contributed by atoms with van der Waals surface area (Å²) in [6.45, 7) is 7.63. The molecule has 0 heterocycles. The van der Waals surface area contributed by atoms with Crippen LogP contribution in [0.3, 0.4) is 0 Å². The van der Waals surface area contributed by atoms with E-state index in [4.69, 9.17) is 0 Å². The smallest absolute Gasteiger partial charge is 0.264 e. The third-order valence-electron chi connectivity index (χ3n) is 6.14. The Morgan fingerprint density at radius 3 is 2.26 bits per heavy atom. The number of hydrogen-bond donors (Lipinski definition) is 1. The SMILES string of the molecule is CCCNC(=O)[C@@H](C)N(Cc1cccc(C)c1)C(=O)CN(c1cccc(Br)c1)S(=O)(=O)c1ccc(C)cc1. The molecule has 38 heavy (non-hydrogen) atoms. The first-order chi connectivity index (χ1) is 18.0. The van der Waals surface area contributed by atoms with Gasteiger partial charge in [-0.2, -0.15) is 0 Å². The molecule has 3 aromatic carbocycles. The summed E-state index contributed by atoms with van der Waals surface area (Å²) in [5.41, 5.74) is 3.14. The molecule has 0 radical (unpaired) electrons. The molecule has 1 atom stereocenters. The average molecular weight is 601 g/mol. The number of amides is 2. The van der Waals surface area contributed by atoms with Crippen LogP contribution in [0.25, 0.3) is 0 Å². The van der Waals surface area contributed by atoms with Crippen molar-refractivity contribution in [2.24, 2.45) is 0 Å². The summed E-state index contributed by atoms with van der Waals surface area (Å²) in [5.74, 6) is -0.774. The molecule has 0 aromatic heterocycles.